The normalized spacial score (nSPS) is 14.6. The molecular formula is C10H21N3O3. The van der Waals surface area contributed by atoms with Crippen molar-refractivity contribution in [2.75, 3.05) is 27.2 Å². The molecule has 2 atom stereocenters. The van der Waals surface area contributed by atoms with E-state index in [0.29, 0.717) is 12.6 Å². The molecule has 0 aliphatic rings. The van der Waals surface area contributed by atoms with Crippen LogP contribution >= 0.6 is 0 Å². The van der Waals surface area contributed by atoms with Gasteiger partial charge in [0.25, 0.3) is 0 Å². The zero-order valence-electron chi connectivity index (χ0n) is 10.3. The zero-order chi connectivity index (χ0) is 12.7. The molecule has 0 bridgehead atoms. The summed E-state index contributed by atoms with van der Waals surface area (Å²) in [4.78, 5) is 23.6. The number of hydrogen-bond donors (Lipinski definition) is 3. The summed E-state index contributed by atoms with van der Waals surface area (Å²) in [7, 11) is 3.91. The number of rotatable bonds is 7. The second kappa shape index (κ2) is 7.19. The molecule has 3 N–H and O–H groups in total. The highest BCUT2D eigenvalue weighted by molar-refractivity contribution is 5.82. The van der Waals surface area contributed by atoms with Crippen molar-refractivity contribution in [2.24, 2.45) is 0 Å². The van der Waals surface area contributed by atoms with Crippen LogP contribution in [0.5, 0.6) is 0 Å². The molecule has 0 aromatic heterocycles. The van der Waals surface area contributed by atoms with Crippen molar-refractivity contribution >= 4 is 11.9 Å². The summed E-state index contributed by atoms with van der Waals surface area (Å²) >= 11 is 0. The molecule has 0 fully saturated rings. The van der Waals surface area contributed by atoms with Crippen molar-refractivity contribution in [3.8, 4) is 0 Å². The number of aliphatic carboxylic acids is 1. The van der Waals surface area contributed by atoms with E-state index >= 15 is 0 Å². The Morgan fingerprint density at radius 1 is 1.31 bits per heavy atom. The van der Waals surface area contributed by atoms with Crippen molar-refractivity contribution < 1.29 is 14.7 Å². The highest BCUT2D eigenvalue weighted by Crippen LogP contribution is 1.89. The molecule has 94 valence electrons. The maximum absolute atomic E-state index is 10.8. The lowest BCUT2D eigenvalue weighted by Crippen LogP contribution is -2.48. The number of nitrogens with one attached hydrogen (secondary N) is 2. The second-order valence-corrected chi connectivity index (χ2v) is 4.06. The molecule has 0 heterocycles. The Morgan fingerprint density at radius 2 is 1.88 bits per heavy atom. The van der Waals surface area contributed by atoms with E-state index in [1.54, 1.807) is 0 Å². The van der Waals surface area contributed by atoms with Gasteiger partial charge in [-0.05, 0) is 21.0 Å². The molecule has 0 radical (unpaired) electrons. The van der Waals surface area contributed by atoms with Gasteiger partial charge in [0.05, 0.1) is 0 Å². The van der Waals surface area contributed by atoms with Gasteiger partial charge in [0.15, 0.2) is 0 Å². The summed E-state index contributed by atoms with van der Waals surface area (Å²) in [5.74, 6) is -1.37. The lowest BCUT2D eigenvalue weighted by molar-refractivity contribution is -0.141. The summed E-state index contributed by atoms with van der Waals surface area (Å²) in [5.41, 5.74) is 0. The average Bonchev–Trinajstić information content (AvgIpc) is 2.14. The van der Waals surface area contributed by atoms with Gasteiger partial charge in [-0.25, -0.2) is 4.79 Å². The number of amides is 1. The number of nitrogens with zero attached hydrogens (tertiary/aromatic N) is 1. The molecule has 0 saturated carbocycles. The van der Waals surface area contributed by atoms with E-state index in [0.717, 1.165) is 0 Å². The van der Waals surface area contributed by atoms with Crippen LogP contribution in [-0.4, -0.2) is 61.2 Å². The van der Waals surface area contributed by atoms with Gasteiger partial charge in [-0.2, -0.15) is 0 Å². The monoisotopic (exact) mass is 231 g/mol. The van der Waals surface area contributed by atoms with Crippen molar-refractivity contribution in [1.82, 2.24) is 15.5 Å². The van der Waals surface area contributed by atoms with Crippen LogP contribution in [0.3, 0.4) is 0 Å². The number of carbonyl (C=O) groups is 2. The van der Waals surface area contributed by atoms with E-state index in [-0.39, 0.29) is 12.5 Å². The molecule has 6 nitrogen and oxygen atoms in total. The van der Waals surface area contributed by atoms with E-state index < -0.39 is 12.0 Å². The highest BCUT2D eigenvalue weighted by atomic mass is 16.4. The Hall–Kier alpha value is -1.14. The first-order chi connectivity index (χ1) is 7.34. The Morgan fingerprint density at radius 3 is 2.25 bits per heavy atom. The van der Waals surface area contributed by atoms with Crippen molar-refractivity contribution in [3.05, 3.63) is 0 Å². The highest BCUT2D eigenvalue weighted by Gasteiger charge is 2.17. The third-order valence-corrected chi connectivity index (χ3v) is 2.35. The van der Waals surface area contributed by atoms with Crippen LogP contribution in [0.25, 0.3) is 0 Å². The molecule has 1 amide bonds. The number of carbonyl (C=O) groups excluding carboxylic acids is 1. The van der Waals surface area contributed by atoms with E-state index in [1.165, 1.54) is 6.92 Å². The van der Waals surface area contributed by atoms with Crippen LogP contribution in [0.4, 0.5) is 0 Å². The maximum Gasteiger partial charge on any atom is 0.327 e. The standard InChI is InChI=1S/C10H21N3O3/c1-7(13(3)4)5-11-6-9(10(15)16)12-8(2)14/h7,9,11H,5-6H2,1-4H3,(H,12,14)(H,15,16). The van der Waals surface area contributed by atoms with Crippen LogP contribution in [0.2, 0.25) is 0 Å². The van der Waals surface area contributed by atoms with Crippen LogP contribution in [0, 0.1) is 0 Å². The summed E-state index contributed by atoms with van der Waals surface area (Å²) in [6.07, 6.45) is 0. The second-order valence-electron chi connectivity index (χ2n) is 4.06. The van der Waals surface area contributed by atoms with Crippen LogP contribution in [-0.2, 0) is 9.59 Å². The quantitative estimate of drug-likeness (QED) is 0.530. The summed E-state index contributed by atoms with van der Waals surface area (Å²) in [6.45, 7) is 4.24. The molecule has 2 unspecified atom stereocenters. The van der Waals surface area contributed by atoms with Gasteiger partial charge in [0.2, 0.25) is 5.91 Å². The van der Waals surface area contributed by atoms with Gasteiger partial charge in [-0.15, -0.1) is 0 Å². The van der Waals surface area contributed by atoms with Gasteiger partial charge >= 0.3 is 5.97 Å². The van der Waals surface area contributed by atoms with Gasteiger partial charge in [-0.3, -0.25) is 4.79 Å². The molecule has 0 saturated heterocycles. The van der Waals surface area contributed by atoms with Gasteiger partial charge in [0, 0.05) is 26.1 Å². The third kappa shape index (κ3) is 6.36. The summed E-state index contributed by atoms with van der Waals surface area (Å²) in [6, 6.07) is -0.557. The molecule has 16 heavy (non-hydrogen) atoms. The van der Waals surface area contributed by atoms with Crippen LogP contribution < -0.4 is 10.6 Å². The van der Waals surface area contributed by atoms with E-state index in [2.05, 4.69) is 10.6 Å². The van der Waals surface area contributed by atoms with Crippen LogP contribution in [0.15, 0.2) is 0 Å². The van der Waals surface area contributed by atoms with Crippen molar-refractivity contribution in [2.45, 2.75) is 25.9 Å². The minimum atomic E-state index is -1.03. The average molecular weight is 231 g/mol. The fourth-order valence-corrected chi connectivity index (χ4v) is 1.06. The van der Waals surface area contributed by atoms with Gasteiger partial charge in [-0.1, -0.05) is 0 Å². The fourth-order valence-electron chi connectivity index (χ4n) is 1.06. The largest absolute Gasteiger partial charge is 0.480 e. The first-order valence-electron chi connectivity index (χ1n) is 5.21. The van der Waals surface area contributed by atoms with E-state index in [9.17, 15) is 9.59 Å². The summed E-state index contributed by atoms with van der Waals surface area (Å²) < 4.78 is 0. The third-order valence-electron chi connectivity index (χ3n) is 2.35. The molecule has 6 heteroatoms. The molecular weight excluding hydrogens is 210 g/mol. The Labute approximate surface area is 96.0 Å². The summed E-state index contributed by atoms with van der Waals surface area (Å²) in [5, 5.41) is 14.2. The predicted octanol–water partition coefficient (Wildman–Crippen LogP) is -0.885. The lowest BCUT2D eigenvalue weighted by Gasteiger charge is -2.21. The topological polar surface area (TPSA) is 81.7 Å². The minimum absolute atomic E-state index is 0.229. The van der Waals surface area contributed by atoms with E-state index in [4.69, 9.17) is 5.11 Å². The van der Waals surface area contributed by atoms with E-state index in [1.807, 2.05) is 25.9 Å². The first kappa shape index (κ1) is 14.9. The SMILES string of the molecule is CC(=O)NC(CNCC(C)N(C)C)C(=O)O. The minimum Gasteiger partial charge on any atom is -0.480 e. The molecule has 0 spiro atoms. The van der Waals surface area contributed by atoms with Gasteiger partial charge in [0.1, 0.15) is 6.04 Å². The predicted molar refractivity (Wildman–Crippen MR) is 61.3 cm³/mol. The maximum atomic E-state index is 10.8. The Bertz CT molecular complexity index is 243. The van der Waals surface area contributed by atoms with Crippen molar-refractivity contribution in [1.29, 1.82) is 0 Å². The smallest absolute Gasteiger partial charge is 0.327 e. The number of likely N-dealkylation sites (N-methyl/N-ethyl adjacent to an activating group) is 1. The molecule has 0 rings (SSSR count). The molecule has 0 aromatic carbocycles. The zero-order valence-corrected chi connectivity index (χ0v) is 10.3. The van der Waals surface area contributed by atoms with Crippen molar-refractivity contribution in [3.63, 3.8) is 0 Å². The fraction of sp³-hybridized carbons (Fsp3) is 0.800. The Balaban J connectivity index is 3.94. The number of carboxylic acid groups (broad SMARTS) is 1. The number of carboxylic acids is 1. The molecule has 0 aliphatic carbocycles. The Kier molecular flexibility index (Phi) is 6.67. The van der Waals surface area contributed by atoms with Gasteiger partial charge < -0.3 is 20.6 Å². The molecule has 0 aliphatic heterocycles. The molecule has 0 aromatic rings. The lowest BCUT2D eigenvalue weighted by atomic mass is 10.2. The van der Waals surface area contributed by atoms with Crippen LogP contribution in [0.1, 0.15) is 13.8 Å². The first-order valence-corrected chi connectivity index (χ1v) is 5.21. The number of hydrogen-bond acceptors (Lipinski definition) is 4.